The molecule has 1 aliphatic rings. The zero-order valence-electron chi connectivity index (χ0n) is 16.4. The van der Waals surface area contributed by atoms with E-state index in [0.29, 0.717) is 25.1 Å². The second kappa shape index (κ2) is 9.18. The van der Waals surface area contributed by atoms with Gasteiger partial charge in [0, 0.05) is 31.4 Å². The SMILES string of the molecule is O=C(NCCCN1CCCCCC1=O)c1cc(-c2cccs2)nc2ccccc12. The van der Waals surface area contributed by atoms with Crippen molar-refractivity contribution in [1.82, 2.24) is 15.2 Å². The topological polar surface area (TPSA) is 62.3 Å². The van der Waals surface area contributed by atoms with E-state index in [-0.39, 0.29) is 11.8 Å². The number of benzene rings is 1. The number of thiophene rings is 1. The Labute approximate surface area is 174 Å². The van der Waals surface area contributed by atoms with Crippen LogP contribution in [0.4, 0.5) is 0 Å². The van der Waals surface area contributed by atoms with Crippen LogP contribution in [-0.4, -0.2) is 41.3 Å². The number of hydrogen-bond acceptors (Lipinski definition) is 4. The first-order valence-electron chi connectivity index (χ1n) is 10.2. The predicted molar refractivity (Wildman–Crippen MR) is 117 cm³/mol. The van der Waals surface area contributed by atoms with Gasteiger partial charge in [0.05, 0.1) is 21.7 Å². The number of amides is 2. The van der Waals surface area contributed by atoms with Gasteiger partial charge in [0.1, 0.15) is 0 Å². The van der Waals surface area contributed by atoms with Crippen molar-refractivity contribution >= 4 is 34.1 Å². The van der Waals surface area contributed by atoms with Gasteiger partial charge in [-0.1, -0.05) is 30.7 Å². The number of pyridine rings is 1. The number of aromatic nitrogens is 1. The number of rotatable bonds is 6. The van der Waals surface area contributed by atoms with Crippen molar-refractivity contribution < 1.29 is 9.59 Å². The highest BCUT2D eigenvalue weighted by Gasteiger charge is 2.17. The fourth-order valence-electron chi connectivity index (χ4n) is 3.76. The Balaban J connectivity index is 1.44. The molecular formula is C23H25N3O2S. The van der Waals surface area contributed by atoms with Crippen LogP contribution in [0.1, 0.15) is 42.5 Å². The number of nitrogens with one attached hydrogen (secondary N) is 1. The largest absolute Gasteiger partial charge is 0.352 e. The number of carbonyl (C=O) groups is 2. The van der Waals surface area contributed by atoms with E-state index in [1.54, 1.807) is 11.3 Å². The molecule has 2 amide bonds. The van der Waals surface area contributed by atoms with E-state index in [1.165, 1.54) is 0 Å². The number of fused-ring (bicyclic) bond motifs is 1. The Morgan fingerprint density at radius 2 is 2.03 bits per heavy atom. The lowest BCUT2D eigenvalue weighted by molar-refractivity contribution is -0.130. The van der Waals surface area contributed by atoms with Crippen molar-refractivity contribution in [3.8, 4) is 10.6 Å². The van der Waals surface area contributed by atoms with Gasteiger partial charge >= 0.3 is 0 Å². The molecule has 1 saturated heterocycles. The zero-order chi connectivity index (χ0) is 20.1. The highest BCUT2D eigenvalue weighted by molar-refractivity contribution is 7.13. The summed E-state index contributed by atoms with van der Waals surface area (Å²) in [7, 11) is 0. The molecule has 3 aromatic rings. The summed E-state index contributed by atoms with van der Waals surface area (Å²) >= 11 is 1.61. The molecule has 0 atom stereocenters. The van der Waals surface area contributed by atoms with E-state index in [9.17, 15) is 9.59 Å². The van der Waals surface area contributed by atoms with Crippen molar-refractivity contribution in [3.63, 3.8) is 0 Å². The maximum Gasteiger partial charge on any atom is 0.252 e. The van der Waals surface area contributed by atoms with Crippen LogP contribution in [0.5, 0.6) is 0 Å². The van der Waals surface area contributed by atoms with Crippen LogP contribution in [-0.2, 0) is 4.79 Å². The molecule has 6 heteroatoms. The first-order chi connectivity index (χ1) is 14.2. The van der Waals surface area contributed by atoms with E-state index in [2.05, 4.69) is 5.32 Å². The number of nitrogens with zero attached hydrogens (tertiary/aromatic N) is 2. The monoisotopic (exact) mass is 407 g/mol. The number of hydrogen-bond donors (Lipinski definition) is 1. The molecule has 3 heterocycles. The third-order valence-electron chi connectivity index (χ3n) is 5.30. The Bertz CT molecular complexity index is 1000. The van der Waals surface area contributed by atoms with Crippen molar-refractivity contribution in [3.05, 3.63) is 53.4 Å². The fourth-order valence-corrected chi connectivity index (χ4v) is 4.44. The molecule has 0 spiro atoms. The van der Waals surface area contributed by atoms with Gasteiger partial charge in [-0.25, -0.2) is 4.98 Å². The van der Waals surface area contributed by atoms with Gasteiger partial charge in [0.25, 0.3) is 5.91 Å². The van der Waals surface area contributed by atoms with Crippen LogP contribution < -0.4 is 5.32 Å². The lowest BCUT2D eigenvalue weighted by atomic mass is 10.1. The molecular weight excluding hydrogens is 382 g/mol. The smallest absolute Gasteiger partial charge is 0.252 e. The summed E-state index contributed by atoms with van der Waals surface area (Å²) < 4.78 is 0. The van der Waals surface area contributed by atoms with Crippen molar-refractivity contribution in [1.29, 1.82) is 0 Å². The van der Waals surface area contributed by atoms with Gasteiger partial charge < -0.3 is 10.2 Å². The zero-order valence-corrected chi connectivity index (χ0v) is 17.2. The van der Waals surface area contributed by atoms with Gasteiger partial charge in [-0.2, -0.15) is 0 Å². The lowest BCUT2D eigenvalue weighted by Gasteiger charge is -2.20. The molecule has 29 heavy (non-hydrogen) atoms. The maximum atomic E-state index is 12.9. The summed E-state index contributed by atoms with van der Waals surface area (Å²) in [5.41, 5.74) is 2.28. The molecule has 1 aliphatic heterocycles. The Kier molecular flexibility index (Phi) is 6.20. The van der Waals surface area contributed by atoms with Crippen molar-refractivity contribution in [2.45, 2.75) is 32.1 Å². The number of para-hydroxylation sites is 1. The molecule has 150 valence electrons. The van der Waals surface area contributed by atoms with Crippen molar-refractivity contribution in [2.24, 2.45) is 0 Å². The number of likely N-dealkylation sites (tertiary alicyclic amines) is 1. The predicted octanol–water partition coefficient (Wildman–Crippen LogP) is 4.49. The third kappa shape index (κ3) is 4.65. The quantitative estimate of drug-likeness (QED) is 0.613. The van der Waals surface area contributed by atoms with E-state index in [1.807, 2.05) is 52.7 Å². The normalized spacial score (nSPS) is 14.8. The van der Waals surface area contributed by atoms with E-state index < -0.39 is 0 Å². The molecule has 1 fully saturated rings. The summed E-state index contributed by atoms with van der Waals surface area (Å²) in [5, 5.41) is 5.90. The average Bonchev–Trinajstić information content (AvgIpc) is 3.21. The van der Waals surface area contributed by atoms with E-state index >= 15 is 0 Å². The minimum atomic E-state index is -0.0939. The summed E-state index contributed by atoms with van der Waals surface area (Å²) in [4.78, 5) is 32.7. The van der Waals surface area contributed by atoms with Crippen molar-refractivity contribution in [2.75, 3.05) is 19.6 Å². The molecule has 0 bridgehead atoms. The van der Waals surface area contributed by atoms with Crippen LogP contribution in [0, 0.1) is 0 Å². The minimum Gasteiger partial charge on any atom is -0.352 e. The summed E-state index contributed by atoms with van der Waals surface area (Å²) in [6.45, 7) is 2.09. The molecule has 0 unspecified atom stereocenters. The molecule has 0 radical (unpaired) electrons. The maximum absolute atomic E-state index is 12.9. The summed E-state index contributed by atoms with van der Waals surface area (Å²) in [5.74, 6) is 0.151. The third-order valence-corrected chi connectivity index (χ3v) is 6.19. The Morgan fingerprint density at radius 1 is 1.14 bits per heavy atom. The van der Waals surface area contributed by atoms with E-state index in [0.717, 1.165) is 53.7 Å². The minimum absolute atomic E-state index is 0.0939. The molecule has 2 aromatic heterocycles. The second-order valence-electron chi connectivity index (χ2n) is 7.35. The summed E-state index contributed by atoms with van der Waals surface area (Å²) in [6, 6.07) is 13.6. The molecule has 5 nitrogen and oxygen atoms in total. The second-order valence-corrected chi connectivity index (χ2v) is 8.30. The molecule has 0 aliphatic carbocycles. The van der Waals surface area contributed by atoms with Gasteiger partial charge in [-0.05, 0) is 42.8 Å². The van der Waals surface area contributed by atoms with E-state index in [4.69, 9.17) is 4.98 Å². The van der Waals surface area contributed by atoms with Gasteiger partial charge in [-0.15, -0.1) is 11.3 Å². The van der Waals surface area contributed by atoms with Gasteiger partial charge in [-0.3, -0.25) is 9.59 Å². The highest BCUT2D eigenvalue weighted by Crippen LogP contribution is 2.27. The van der Waals surface area contributed by atoms with Crippen LogP contribution in [0.3, 0.4) is 0 Å². The van der Waals surface area contributed by atoms with Gasteiger partial charge in [0.2, 0.25) is 5.91 Å². The molecule has 4 rings (SSSR count). The molecule has 1 N–H and O–H groups in total. The van der Waals surface area contributed by atoms with Crippen LogP contribution >= 0.6 is 11.3 Å². The highest BCUT2D eigenvalue weighted by atomic mass is 32.1. The first-order valence-corrected chi connectivity index (χ1v) is 11.1. The lowest BCUT2D eigenvalue weighted by Crippen LogP contribution is -2.34. The fraction of sp³-hybridized carbons (Fsp3) is 0.348. The van der Waals surface area contributed by atoms with Crippen LogP contribution in [0.2, 0.25) is 0 Å². The standard InChI is InChI=1S/C23H25N3O2S/c27-22-11-2-1-5-13-26(22)14-7-12-24-23(28)18-16-20(21-10-6-15-29-21)25-19-9-4-3-8-17(18)19/h3-4,6,8-10,15-16H,1-2,5,7,11-14H2,(H,24,28). The molecule has 1 aromatic carbocycles. The number of carbonyl (C=O) groups excluding carboxylic acids is 2. The Morgan fingerprint density at radius 3 is 2.90 bits per heavy atom. The van der Waals surface area contributed by atoms with Crippen LogP contribution in [0.15, 0.2) is 47.8 Å². The van der Waals surface area contributed by atoms with Crippen LogP contribution in [0.25, 0.3) is 21.5 Å². The average molecular weight is 408 g/mol. The Hall–Kier alpha value is -2.73. The molecule has 0 saturated carbocycles. The first kappa shape index (κ1) is 19.6. The summed E-state index contributed by atoms with van der Waals surface area (Å²) in [6.07, 6.45) is 4.61. The van der Waals surface area contributed by atoms with Gasteiger partial charge in [0.15, 0.2) is 0 Å².